The number of likely N-dealkylation sites (tertiary alicyclic amines) is 1. The average Bonchev–Trinajstić information content (AvgIpc) is 3.37. The largest absolute Gasteiger partial charge is 0.490 e. The van der Waals surface area contributed by atoms with Crippen LogP contribution in [0.15, 0.2) is 17.5 Å². The fourth-order valence-electron chi connectivity index (χ4n) is 4.44. The van der Waals surface area contributed by atoms with Gasteiger partial charge in [0.05, 0.1) is 19.1 Å². The second kappa shape index (κ2) is 10.3. The topological polar surface area (TPSA) is 79.3 Å². The monoisotopic (exact) mass is 464 g/mol. The average molecular weight is 465 g/mol. The lowest BCUT2D eigenvalue weighted by atomic mass is 9.71. The summed E-state index contributed by atoms with van der Waals surface area (Å²) in [6, 6.07) is 4.30. The molecule has 1 aromatic heterocycles. The van der Waals surface area contributed by atoms with Gasteiger partial charge in [0.25, 0.3) is 0 Å². The van der Waals surface area contributed by atoms with Crippen molar-refractivity contribution in [3.05, 3.63) is 22.4 Å². The van der Waals surface area contributed by atoms with Crippen LogP contribution >= 0.6 is 11.3 Å². The fraction of sp³-hybridized carbons (Fsp3) is 0.700. The number of carboxylic acid groups (broad SMARTS) is 1. The first-order valence-corrected chi connectivity index (χ1v) is 11.1. The molecule has 3 fully saturated rings. The Balaban J connectivity index is 0.000000339. The standard InChI is InChI=1S/C18H26N2O3S.C2HF3O2/c21-17(20-5-9-23-10-6-20)16-13-19(12-15-2-1-11-24-15)14-18(16)3-7-22-8-4-18;3-2(4,5)1(6)7/h1-2,11,16H,3-10,12-14H2;(H,6,7). The van der Waals surface area contributed by atoms with Crippen LogP contribution in [0.5, 0.6) is 0 Å². The molecule has 1 unspecified atom stereocenters. The Kier molecular flexibility index (Phi) is 7.95. The van der Waals surface area contributed by atoms with E-state index >= 15 is 0 Å². The number of hydrogen-bond donors (Lipinski definition) is 1. The molecule has 3 aliphatic rings. The lowest BCUT2D eigenvalue weighted by Crippen LogP contribution is -2.49. The van der Waals surface area contributed by atoms with E-state index in [1.165, 1.54) is 4.88 Å². The van der Waals surface area contributed by atoms with Gasteiger partial charge in [0, 0.05) is 56.2 Å². The van der Waals surface area contributed by atoms with Gasteiger partial charge in [-0.3, -0.25) is 9.69 Å². The Morgan fingerprint density at radius 3 is 2.32 bits per heavy atom. The first-order valence-electron chi connectivity index (χ1n) is 10.2. The highest BCUT2D eigenvalue weighted by atomic mass is 32.1. The van der Waals surface area contributed by atoms with E-state index in [0.717, 1.165) is 58.8 Å². The van der Waals surface area contributed by atoms with Gasteiger partial charge >= 0.3 is 12.1 Å². The van der Waals surface area contributed by atoms with Crippen molar-refractivity contribution in [2.75, 3.05) is 52.6 Å². The number of rotatable bonds is 3. The van der Waals surface area contributed by atoms with Crippen LogP contribution in [-0.4, -0.2) is 85.6 Å². The summed E-state index contributed by atoms with van der Waals surface area (Å²) in [6.07, 6.45) is -3.07. The minimum absolute atomic E-state index is 0.102. The fourth-order valence-corrected chi connectivity index (χ4v) is 5.19. The summed E-state index contributed by atoms with van der Waals surface area (Å²) < 4.78 is 42.8. The van der Waals surface area contributed by atoms with Crippen molar-refractivity contribution in [3.8, 4) is 0 Å². The van der Waals surface area contributed by atoms with Crippen LogP contribution in [0.4, 0.5) is 13.2 Å². The van der Waals surface area contributed by atoms with Crippen molar-refractivity contribution < 1.29 is 37.3 Å². The first kappa shape index (κ1) is 24.0. The van der Waals surface area contributed by atoms with Gasteiger partial charge in [0.15, 0.2) is 0 Å². The van der Waals surface area contributed by atoms with Crippen LogP contribution in [0, 0.1) is 11.3 Å². The number of alkyl halides is 3. The number of halogens is 3. The van der Waals surface area contributed by atoms with Gasteiger partial charge in [-0.05, 0) is 24.3 Å². The van der Waals surface area contributed by atoms with Gasteiger partial charge in [-0.15, -0.1) is 11.3 Å². The molecule has 0 radical (unpaired) electrons. The third-order valence-corrected chi connectivity index (χ3v) is 6.89. The zero-order valence-electron chi connectivity index (χ0n) is 17.1. The number of hydrogen-bond acceptors (Lipinski definition) is 6. The SMILES string of the molecule is O=C(C1CN(Cc2cccs2)CC12CCOCC2)N1CCOCC1.O=C(O)C(F)(F)F. The Bertz CT molecular complexity index is 732. The summed E-state index contributed by atoms with van der Waals surface area (Å²) in [5.74, 6) is -2.30. The van der Waals surface area contributed by atoms with Gasteiger partial charge in [0.2, 0.25) is 5.91 Å². The summed E-state index contributed by atoms with van der Waals surface area (Å²) in [6.45, 7) is 7.29. The van der Waals surface area contributed by atoms with Gasteiger partial charge in [-0.25, -0.2) is 4.79 Å². The minimum atomic E-state index is -5.08. The molecule has 4 heterocycles. The van der Waals surface area contributed by atoms with E-state index in [9.17, 15) is 18.0 Å². The number of nitrogens with zero attached hydrogens (tertiary/aromatic N) is 2. The van der Waals surface area contributed by atoms with Crippen molar-refractivity contribution >= 4 is 23.2 Å². The van der Waals surface area contributed by atoms with E-state index in [0.29, 0.717) is 19.1 Å². The Morgan fingerprint density at radius 1 is 1.16 bits per heavy atom. The van der Waals surface area contributed by atoms with Gasteiger partial charge in [-0.1, -0.05) is 6.07 Å². The molecule has 0 aliphatic carbocycles. The summed E-state index contributed by atoms with van der Waals surface area (Å²) in [4.78, 5) is 28.0. The molecule has 1 N–H and O–H groups in total. The molecule has 4 rings (SSSR count). The summed E-state index contributed by atoms with van der Waals surface area (Å²) in [7, 11) is 0. The van der Waals surface area contributed by atoms with E-state index in [-0.39, 0.29) is 11.3 Å². The zero-order chi connectivity index (χ0) is 22.5. The van der Waals surface area contributed by atoms with Gasteiger partial charge in [0.1, 0.15) is 0 Å². The molecule has 11 heteroatoms. The quantitative estimate of drug-likeness (QED) is 0.741. The number of thiophene rings is 1. The Labute approximate surface area is 182 Å². The molecule has 1 spiro atoms. The van der Waals surface area contributed by atoms with Crippen molar-refractivity contribution in [1.29, 1.82) is 0 Å². The van der Waals surface area contributed by atoms with E-state index in [4.69, 9.17) is 19.4 Å². The number of ether oxygens (including phenoxy) is 2. The maximum absolute atomic E-state index is 13.2. The molecular weight excluding hydrogens is 437 g/mol. The Hall–Kier alpha value is -1.69. The van der Waals surface area contributed by atoms with Crippen molar-refractivity contribution in [2.45, 2.75) is 25.6 Å². The first-order chi connectivity index (χ1) is 14.7. The molecule has 3 aliphatic heterocycles. The second-order valence-corrected chi connectivity index (χ2v) is 9.05. The molecule has 1 atom stereocenters. The number of morpholine rings is 1. The molecule has 1 amide bonds. The second-order valence-electron chi connectivity index (χ2n) is 8.02. The Morgan fingerprint density at radius 2 is 1.77 bits per heavy atom. The van der Waals surface area contributed by atoms with E-state index in [2.05, 4.69) is 22.4 Å². The highest BCUT2D eigenvalue weighted by Gasteiger charge is 2.51. The molecule has 7 nitrogen and oxygen atoms in total. The van der Waals surface area contributed by atoms with Crippen LogP contribution in [0.1, 0.15) is 17.7 Å². The molecule has 0 bridgehead atoms. The van der Waals surface area contributed by atoms with Crippen LogP contribution < -0.4 is 0 Å². The summed E-state index contributed by atoms with van der Waals surface area (Å²) in [5, 5.41) is 9.26. The molecule has 31 heavy (non-hydrogen) atoms. The third kappa shape index (κ3) is 6.18. The molecule has 1 aromatic rings. The maximum Gasteiger partial charge on any atom is 0.490 e. The highest BCUT2D eigenvalue weighted by molar-refractivity contribution is 7.09. The number of amides is 1. The molecular formula is C20H27F3N2O5S. The molecule has 0 aromatic carbocycles. The number of carboxylic acids is 1. The molecule has 3 saturated heterocycles. The van der Waals surface area contributed by atoms with E-state index < -0.39 is 12.1 Å². The summed E-state index contributed by atoms with van der Waals surface area (Å²) >= 11 is 1.80. The van der Waals surface area contributed by atoms with Crippen molar-refractivity contribution in [2.24, 2.45) is 11.3 Å². The van der Waals surface area contributed by atoms with Crippen molar-refractivity contribution in [3.63, 3.8) is 0 Å². The lowest BCUT2D eigenvalue weighted by molar-refractivity contribution is -0.192. The van der Waals surface area contributed by atoms with Crippen LogP contribution in [-0.2, 0) is 25.6 Å². The van der Waals surface area contributed by atoms with Gasteiger partial charge in [-0.2, -0.15) is 13.2 Å². The summed E-state index contributed by atoms with van der Waals surface area (Å²) in [5.41, 5.74) is 0.102. The normalized spacial score (nSPS) is 24.0. The third-order valence-electron chi connectivity index (χ3n) is 6.03. The lowest BCUT2D eigenvalue weighted by Gasteiger charge is -2.40. The number of carbonyl (C=O) groups excluding carboxylic acids is 1. The predicted molar refractivity (Wildman–Crippen MR) is 107 cm³/mol. The van der Waals surface area contributed by atoms with Crippen LogP contribution in [0.25, 0.3) is 0 Å². The molecule has 0 saturated carbocycles. The minimum Gasteiger partial charge on any atom is -0.475 e. The van der Waals surface area contributed by atoms with Crippen LogP contribution in [0.2, 0.25) is 0 Å². The zero-order valence-corrected chi connectivity index (χ0v) is 17.9. The molecule has 174 valence electrons. The predicted octanol–water partition coefficient (Wildman–Crippen LogP) is 2.47. The van der Waals surface area contributed by atoms with E-state index in [1.807, 2.05) is 4.90 Å². The van der Waals surface area contributed by atoms with Crippen LogP contribution in [0.3, 0.4) is 0 Å². The number of aliphatic carboxylic acids is 1. The smallest absolute Gasteiger partial charge is 0.475 e. The maximum atomic E-state index is 13.2. The number of carbonyl (C=O) groups is 2. The highest BCUT2D eigenvalue weighted by Crippen LogP contribution is 2.45. The van der Waals surface area contributed by atoms with E-state index in [1.54, 1.807) is 11.3 Å². The van der Waals surface area contributed by atoms with Crippen molar-refractivity contribution in [1.82, 2.24) is 9.80 Å². The van der Waals surface area contributed by atoms with Gasteiger partial charge < -0.3 is 19.5 Å².